The van der Waals surface area contributed by atoms with Crippen molar-refractivity contribution in [2.75, 3.05) is 42.9 Å². The molecule has 25 heavy (non-hydrogen) atoms. The van der Waals surface area contributed by atoms with E-state index in [1.807, 2.05) is 0 Å². The maximum atomic E-state index is 12.2. The fourth-order valence-corrected chi connectivity index (χ4v) is 3.22. The second-order valence-electron chi connectivity index (χ2n) is 6.44. The molecule has 2 N–H and O–H groups in total. The van der Waals surface area contributed by atoms with E-state index < -0.39 is 0 Å². The van der Waals surface area contributed by atoms with Gasteiger partial charge in [-0.1, -0.05) is 18.2 Å². The summed E-state index contributed by atoms with van der Waals surface area (Å²) < 4.78 is 0. The predicted octanol–water partition coefficient (Wildman–Crippen LogP) is 1.21. The Morgan fingerprint density at radius 3 is 2.48 bits per heavy atom. The first-order valence-electron chi connectivity index (χ1n) is 8.60. The molecular formula is C20H23N4O+. The molecule has 1 saturated heterocycles. The van der Waals surface area contributed by atoms with Gasteiger partial charge in [0.25, 0.3) is 5.91 Å². The van der Waals surface area contributed by atoms with Gasteiger partial charge in [0, 0.05) is 11.4 Å². The van der Waals surface area contributed by atoms with Crippen LogP contribution in [-0.2, 0) is 4.79 Å². The Bertz CT molecular complexity index is 771. The fraction of sp³-hybridized carbons (Fsp3) is 0.300. The summed E-state index contributed by atoms with van der Waals surface area (Å²) in [5.41, 5.74) is 3.92. The molecule has 2 aromatic carbocycles. The number of carbonyl (C=O) groups excluding carboxylic acids is 1. The highest BCUT2D eigenvalue weighted by atomic mass is 16.2. The topological polar surface area (TPSA) is 60.6 Å². The molecule has 0 saturated carbocycles. The molecule has 0 atom stereocenters. The first-order valence-corrected chi connectivity index (χ1v) is 8.60. The van der Waals surface area contributed by atoms with Crippen molar-refractivity contribution in [3.05, 3.63) is 59.7 Å². The number of nitrogens with zero attached hydrogens (tertiary/aromatic N) is 2. The lowest BCUT2D eigenvalue weighted by Gasteiger charge is -2.34. The minimum atomic E-state index is 0.0176. The highest BCUT2D eigenvalue weighted by molar-refractivity contribution is 5.91. The van der Waals surface area contributed by atoms with E-state index in [1.165, 1.54) is 16.2 Å². The van der Waals surface area contributed by atoms with Crippen molar-refractivity contribution >= 4 is 17.3 Å². The van der Waals surface area contributed by atoms with E-state index in [0.717, 1.165) is 31.9 Å². The minimum Gasteiger partial charge on any atom is -0.360 e. The molecule has 3 rings (SSSR count). The standard InChI is InChI=1S/C20H22N4O/c1-16-4-2-3-5-19(16)24-12-10-23(11-13-24)15-20(25)22-18-8-6-17(14-21)7-9-18/h2-9H,10-13,15H2,1H3,(H,22,25)/p+1. The molecule has 1 aliphatic heterocycles. The first kappa shape index (κ1) is 17.0. The van der Waals surface area contributed by atoms with Crippen LogP contribution in [0.3, 0.4) is 0 Å². The lowest BCUT2D eigenvalue weighted by Crippen LogP contribution is -3.15. The van der Waals surface area contributed by atoms with Crippen LogP contribution in [0.25, 0.3) is 0 Å². The molecule has 0 unspecified atom stereocenters. The molecule has 0 aromatic heterocycles. The van der Waals surface area contributed by atoms with Gasteiger partial charge in [-0.05, 0) is 42.8 Å². The largest absolute Gasteiger partial charge is 0.360 e. The number of nitriles is 1. The normalized spacial score (nSPS) is 14.8. The molecule has 1 heterocycles. The van der Waals surface area contributed by atoms with Gasteiger partial charge in [-0.25, -0.2) is 0 Å². The van der Waals surface area contributed by atoms with Crippen molar-refractivity contribution < 1.29 is 9.69 Å². The second kappa shape index (κ2) is 7.82. The van der Waals surface area contributed by atoms with E-state index in [9.17, 15) is 4.79 Å². The Balaban J connectivity index is 1.49. The number of aryl methyl sites for hydroxylation is 1. The number of nitrogens with one attached hydrogen (secondary N) is 2. The van der Waals surface area contributed by atoms with Gasteiger partial charge in [-0.2, -0.15) is 5.26 Å². The zero-order chi connectivity index (χ0) is 17.6. The summed E-state index contributed by atoms with van der Waals surface area (Å²) in [7, 11) is 0. The van der Waals surface area contributed by atoms with E-state index in [2.05, 4.69) is 47.5 Å². The fourth-order valence-electron chi connectivity index (χ4n) is 3.22. The van der Waals surface area contributed by atoms with Crippen molar-refractivity contribution in [2.45, 2.75) is 6.92 Å². The summed E-state index contributed by atoms with van der Waals surface area (Å²) in [5, 5.41) is 11.7. The Morgan fingerprint density at radius 2 is 1.84 bits per heavy atom. The van der Waals surface area contributed by atoms with Crippen molar-refractivity contribution in [3.63, 3.8) is 0 Å². The summed E-state index contributed by atoms with van der Waals surface area (Å²) in [5.74, 6) is 0.0176. The van der Waals surface area contributed by atoms with Crippen LogP contribution in [0.2, 0.25) is 0 Å². The summed E-state index contributed by atoms with van der Waals surface area (Å²) in [6, 6.07) is 17.5. The number of rotatable bonds is 4. The third-order valence-electron chi connectivity index (χ3n) is 4.64. The third-order valence-corrected chi connectivity index (χ3v) is 4.64. The van der Waals surface area contributed by atoms with Gasteiger partial charge in [0.2, 0.25) is 0 Å². The van der Waals surface area contributed by atoms with E-state index in [4.69, 9.17) is 5.26 Å². The van der Waals surface area contributed by atoms with Crippen LogP contribution in [0.4, 0.5) is 11.4 Å². The lowest BCUT2D eigenvalue weighted by molar-refractivity contribution is -0.892. The second-order valence-corrected chi connectivity index (χ2v) is 6.44. The van der Waals surface area contributed by atoms with E-state index in [1.54, 1.807) is 24.3 Å². The maximum Gasteiger partial charge on any atom is 0.279 e. The average molecular weight is 335 g/mol. The number of para-hydroxylation sites is 1. The van der Waals surface area contributed by atoms with Gasteiger partial charge in [0.05, 0.1) is 37.8 Å². The Morgan fingerprint density at radius 1 is 1.16 bits per heavy atom. The summed E-state index contributed by atoms with van der Waals surface area (Å²) in [4.78, 5) is 15.9. The van der Waals surface area contributed by atoms with Crippen molar-refractivity contribution in [2.24, 2.45) is 0 Å². The lowest BCUT2D eigenvalue weighted by atomic mass is 10.1. The Kier molecular flexibility index (Phi) is 5.32. The van der Waals surface area contributed by atoms with Crippen LogP contribution < -0.4 is 15.1 Å². The Hall–Kier alpha value is -2.84. The molecule has 128 valence electrons. The van der Waals surface area contributed by atoms with E-state index in [0.29, 0.717) is 12.1 Å². The predicted molar refractivity (Wildman–Crippen MR) is 98.7 cm³/mol. The highest BCUT2D eigenvalue weighted by Crippen LogP contribution is 2.18. The molecule has 0 aliphatic carbocycles. The number of benzene rings is 2. The zero-order valence-corrected chi connectivity index (χ0v) is 14.5. The third kappa shape index (κ3) is 4.37. The van der Waals surface area contributed by atoms with Gasteiger partial charge in [-0.3, -0.25) is 4.79 Å². The maximum absolute atomic E-state index is 12.2. The highest BCUT2D eigenvalue weighted by Gasteiger charge is 2.23. The number of anilines is 2. The van der Waals surface area contributed by atoms with Crippen LogP contribution in [0.5, 0.6) is 0 Å². The van der Waals surface area contributed by atoms with Gasteiger partial charge >= 0.3 is 0 Å². The minimum absolute atomic E-state index is 0.0176. The number of quaternary nitrogens is 1. The number of hydrogen-bond acceptors (Lipinski definition) is 3. The average Bonchev–Trinajstić information content (AvgIpc) is 2.63. The van der Waals surface area contributed by atoms with Crippen LogP contribution in [0.15, 0.2) is 48.5 Å². The number of carbonyl (C=O) groups is 1. The molecular weight excluding hydrogens is 312 g/mol. The smallest absolute Gasteiger partial charge is 0.279 e. The van der Waals surface area contributed by atoms with Crippen molar-refractivity contribution in [1.29, 1.82) is 5.26 Å². The van der Waals surface area contributed by atoms with Gasteiger partial charge in [-0.15, -0.1) is 0 Å². The zero-order valence-electron chi connectivity index (χ0n) is 14.5. The first-order chi connectivity index (χ1) is 12.2. The summed E-state index contributed by atoms with van der Waals surface area (Å²) in [6.07, 6.45) is 0. The summed E-state index contributed by atoms with van der Waals surface area (Å²) in [6.45, 7) is 6.44. The summed E-state index contributed by atoms with van der Waals surface area (Å²) >= 11 is 0. The van der Waals surface area contributed by atoms with E-state index in [-0.39, 0.29) is 5.91 Å². The quantitative estimate of drug-likeness (QED) is 0.883. The van der Waals surface area contributed by atoms with Gasteiger partial charge in [0.15, 0.2) is 6.54 Å². The molecule has 5 nitrogen and oxygen atoms in total. The van der Waals surface area contributed by atoms with Crippen LogP contribution >= 0.6 is 0 Å². The van der Waals surface area contributed by atoms with Gasteiger partial charge < -0.3 is 15.1 Å². The monoisotopic (exact) mass is 335 g/mol. The SMILES string of the molecule is Cc1ccccc1N1CC[NH+](CC(=O)Nc2ccc(C#N)cc2)CC1. The molecule has 2 aromatic rings. The van der Waals surface area contributed by atoms with Crippen LogP contribution in [0, 0.1) is 18.3 Å². The van der Waals surface area contributed by atoms with Crippen LogP contribution in [-0.4, -0.2) is 38.6 Å². The van der Waals surface area contributed by atoms with Crippen LogP contribution in [0.1, 0.15) is 11.1 Å². The Labute approximate surface area is 148 Å². The molecule has 1 amide bonds. The molecule has 0 radical (unpaired) electrons. The number of piperazine rings is 1. The van der Waals surface area contributed by atoms with E-state index >= 15 is 0 Å². The molecule has 0 spiro atoms. The number of hydrogen-bond donors (Lipinski definition) is 2. The molecule has 0 bridgehead atoms. The molecule has 5 heteroatoms. The van der Waals surface area contributed by atoms with Crippen molar-refractivity contribution in [3.8, 4) is 6.07 Å². The number of amides is 1. The molecule has 1 aliphatic rings. The van der Waals surface area contributed by atoms with Crippen molar-refractivity contribution in [1.82, 2.24) is 0 Å². The van der Waals surface area contributed by atoms with Gasteiger partial charge in [0.1, 0.15) is 0 Å². The molecule has 1 fully saturated rings.